The molecule has 0 radical (unpaired) electrons. The van der Waals surface area contributed by atoms with Crippen LogP contribution in [-0.4, -0.2) is 36.6 Å². The minimum Gasteiger partial charge on any atom is -0.383 e. The molecule has 0 bridgehead atoms. The van der Waals surface area contributed by atoms with Crippen LogP contribution < -0.4 is 5.32 Å². The summed E-state index contributed by atoms with van der Waals surface area (Å²) in [6.45, 7) is 2.94. The van der Waals surface area contributed by atoms with E-state index >= 15 is 0 Å². The molecule has 20 heavy (non-hydrogen) atoms. The van der Waals surface area contributed by atoms with E-state index in [-0.39, 0.29) is 0 Å². The molecule has 0 aliphatic heterocycles. The molecular weight excluding hydrogens is 250 g/mol. The lowest BCUT2D eigenvalue weighted by molar-refractivity contribution is 0.182. The number of nitrogens with one attached hydrogen (secondary N) is 1. The third-order valence-electron chi connectivity index (χ3n) is 5.14. The Balaban J connectivity index is 1.52. The van der Waals surface area contributed by atoms with Crippen molar-refractivity contribution in [3.05, 3.63) is 18.0 Å². The maximum Gasteiger partial charge on any atom is 0.0587 e. The van der Waals surface area contributed by atoms with Crippen LogP contribution in [0.25, 0.3) is 0 Å². The first kappa shape index (κ1) is 14.1. The average molecular weight is 277 g/mol. The van der Waals surface area contributed by atoms with Crippen LogP contribution in [0.1, 0.15) is 31.2 Å². The van der Waals surface area contributed by atoms with Gasteiger partial charge in [0, 0.05) is 33.4 Å². The first-order valence-electron chi connectivity index (χ1n) is 7.88. The van der Waals surface area contributed by atoms with Gasteiger partial charge in [-0.25, -0.2) is 0 Å². The fourth-order valence-corrected chi connectivity index (χ4v) is 3.98. The highest BCUT2D eigenvalue weighted by atomic mass is 16.5. The molecule has 112 valence electrons. The van der Waals surface area contributed by atoms with Crippen molar-refractivity contribution in [2.45, 2.75) is 32.1 Å². The maximum atomic E-state index is 5.13. The average Bonchev–Trinajstić information content (AvgIpc) is 2.86. The van der Waals surface area contributed by atoms with Crippen molar-refractivity contribution in [1.82, 2.24) is 15.1 Å². The van der Waals surface area contributed by atoms with Crippen molar-refractivity contribution in [2.75, 3.05) is 26.8 Å². The molecule has 1 aromatic rings. The number of methoxy groups -OCH3 is 1. The van der Waals surface area contributed by atoms with Gasteiger partial charge >= 0.3 is 0 Å². The summed E-state index contributed by atoms with van der Waals surface area (Å²) in [5.41, 5.74) is 1.90. The Bertz CT molecular complexity index is 433. The van der Waals surface area contributed by atoms with Crippen LogP contribution in [0.2, 0.25) is 0 Å². The van der Waals surface area contributed by atoms with Gasteiger partial charge < -0.3 is 10.1 Å². The largest absolute Gasteiger partial charge is 0.383 e. The molecule has 0 aromatic carbocycles. The van der Waals surface area contributed by atoms with Gasteiger partial charge in [0.15, 0.2) is 0 Å². The summed E-state index contributed by atoms with van der Waals surface area (Å²) in [6.07, 6.45) is 11.0. The van der Waals surface area contributed by atoms with Crippen LogP contribution in [0, 0.1) is 17.3 Å². The van der Waals surface area contributed by atoms with E-state index in [9.17, 15) is 0 Å². The molecule has 2 saturated carbocycles. The van der Waals surface area contributed by atoms with Crippen LogP contribution in [0.4, 0.5) is 0 Å². The molecule has 2 aliphatic carbocycles. The van der Waals surface area contributed by atoms with Gasteiger partial charge in [0.1, 0.15) is 0 Å². The van der Waals surface area contributed by atoms with Gasteiger partial charge in [-0.15, -0.1) is 0 Å². The molecule has 2 fully saturated rings. The molecule has 1 aromatic heterocycles. The predicted molar refractivity (Wildman–Crippen MR) is 79.5 cm³/mol. The minimum absolute atomic E-state index is 0.525. The third kappa shape index (κ3) is 3.23. The highest BCUT2D eigenvalue weighted by Gasteiger charge is 2.52. The summed E-state index contributed by atoms with van der Waals surface area (Å²) >= 11 is 0. The molecule has 4 heteroatoms. The summed E-state index contributed by atoms with van der Waals surface area (Å²) in [5.74, 6) is 2.07. The molecule has 1 N–H and O–H groups in total. The predicted octanol–water partition coefficient (Wildman–Crippen LogP) is 2.00. The molecule has 0 saturated heterocycles. The highest BCUT2D eigenvalue weighted by Crippen LogP contribution is 2.61. The number of rotatable bonds is 8. The van der Waals surface area contributed by atoms with E-state index in [1.807, 2.05) is 17.9 Å². The Hall–Kier alpha value is -0.870. The van der Waals surface area contributed by atoms with E-state index in [2.05, 4.69) is 16.6 Å². The van der Waals surface area contributed by atoms with E-state index in [4.69, 9.17) is 4.74 Å². The molecule has 2 unspecified atom stereocenters. The summed E-state index contributed by atoms with van der Waals surface area (Å²) in [4.78, 5) is 0. The zero-order chi connectivity index (χ0) is 14.0. The fraction of sp³-hybridized carbons (Fsp3) is 0.812. The van der Waals surface area contributed by atoms with E-state index < -0.39 is 0 Å². The number of hydrogen-bond acceptors (Lipinski definition) is 3. The van der Waals surface area contributed by atoms with E-state index in [0.29, 0.717) is 5.41 Å². The minimum atomic E-state index is 0.525. The van der Waals surface area contributed by atoms with Crippen LogP contribution >= 0.6 is 0 Å². The molecule has 4 nitrogen and oxygen atoms in total. The van der Waals surface area contributed by atoms with Crippen molar-refractivity contribution >= 4 is 0 Å². The lowest BCUT2D eigenvalue weighted by Gasteiger charge is -2.31. The second-order valence-electron chi connectivity index (χ2n) is 6.86. The number of ether oxygens (including phenoxy) is 1. The maximum absolute atomic E-state index is 5.13. The first-order chi connectivity index (χ1) is 9.71. The van der Waals surface area contributed by atoms with Gasteiger partial charge in [-0.2, -0.15) is 5.10 Å². The number of aromatic nitrogens is 2. The highest BCUT2D eigenvalue weighted by molar-refractivity contribution is 5.08. The zero-order valence-corrected chi connectivity index (χ0v) is 12.8. The summed E-state index contributed by atoms with van der Waals surface area (Å²) in [5, 5.41) is 7.89. The van der Waals surface area contributed by atoms with Gasteiger partial charge in [-0.05, 0) is 54.9 Å². The molecule has 2 aliphatic rings. The summed E-state index contributed by atoms with van der Waals surface area (Å²) in [7, 11) is 3.76. The lowest BCUT2D eigenvalue weighted by Crippen LogP contribution is -2.35. The van der Waals surface area contributed by atoms with Gasteiger partial charge in [0.05, 0.1) is 12.8 Å². The molecule has 1 heterocycles. The van der Waals surface area contributed by atoms with Crippen molar-refractivity contribution in [3.8, 4) is 0 Å². The Morgan fingerprint density at radius 3 is 2.90 bits per heavy atom. The molecule has 3 rings (SSSR count). The quantitative estimate of drug-likeness (QED) is 0.739. The van der Waals surface area contributed by atoms with Crippen LogP contribution in [0.15, 0.2) is 12.4 Å². The molecule has 0 amide bonds. The van der Waals surface area contributed by atoms with Gasteiger partial charge in [0.25, 0.3) is 0 Å². The van der Waals surface area contributed by atoms with Crippen LogP contribution in [-0.2, 0) is 18.2 Å². The number of hydrogen-bond donors (Lipinski definition) is 1. The number of aryl methyl sites for hydroxylation is 2. The first-order valence-corrected chi connectivity index (χ1v) is 7.88. The van der Waals surface area contributed by atoms with Crippen LogP contribution in [0.3, 0.4) is 0 Å². The number of nitrogens with zero attached hydrogens (tertiary/aromatic N) is 2. The van der Waals surface area contributed by atoms with Crippen molar-refractivity contribution in [3.63, 3.8) is 0 Å². The monoisotopic (exact) mass is 277 g/mol. The van der Waals surface area contributed by atoms with Crippen LogP contribution in [0.5, 0.6) is 0 Å². The Kier molecular flexibility index (Phi) is 4.13. The summed E-state index contributed by atoms with van der Waals surface area (Å²) < 4.78 is 7.04. The van der Waals surface area contributed by atoms with E-state index in [0.717, 1.165) is 31.5 Å². The Labute approximate surface area is 121 Å². The third-order valence-corrected chi connectivity index (χ3v) is 5.14. The lowest BCUT2D eigenvalue weighted by atomic mass is 9.78. The normalized spacial score (nSPS) is 31.5. The second kappa shape index (κ2) is 5.86. The Morgan fingerprint density at radius 2 is 2.25 bits per heavy atom. The fourth-order valence-electron chi connectivity index (χ4n) is 3.98. The van der Waals surface area contributed by atoms with Crippen molar-refractivity contribution in [1.29, 1.82) is 0 Å². The van der Waals surface area contributed by atoms with Crippen molar-refractivity contribution in [2.24, 2.45) is 24.3 Å². The SMILES string of the molecule is COCCNCC1(CCc2cnn(C)c2)CC2CC2C1. The molecule has 0 spiro atoms. The Morgan fingerprint density at radius 1 is 1.45 bits per heavy atom. The van der Waals surface area contributed by atoms with Crippen molar-refractivity contribution < 1.29 is 4.74 Å². The van der Waals surface area contributed by atoms with Gasteiger partial charge in [-0.1, -0.05) is 0 Å². The van der Waals surface area contributed by atoms with Gasteiger partial charge in [0.2, 0.25) is 0 Å². The smallest absolute Gasteiger partial charge is 0.0587 e. The van der Waals surface area contributed by atoms with Gasteiger partial charge in [-0.3, -0.25) is 4.68 Å². The molecular formula is C16H27N3O. The van der Waals surface area contributed by atoms with E-state index in [1.165, 1.54) is 37.7 Å². The summed E-state index contributed by atoms with van der Waals surface area (Å²) in [6, 6.07) is 0. The topological polar surface area (TPSA) is 39.1 Å². The van der Waals surface area contributed by atoms with E-state index in [1.54, 1.807) is 7.11 Å². The number of fused-ring (bicyclic) bond motifs is 1. The zero-order valence-electron chi connectivity index (χ0n) is 12.8. The standard InChI is InChI=1S/C16H27N3O/c1-19-11-13(10-18-19)3-4-16(12-17-5-6-20-2)8-14-7-15(14)9-16/h10-11,14-15,17H,3-9,12H2,1-2H3. The molecule has 2 atom stereocenters. The second-order valence-corrected chi connectivity index (χ2v) is 6.86.